The molecule has 0 spiro atoms. The van der Waals surface area contributed by atoms with E-state index in [1.807, 2.05) is 0 Å². The Morgan fingerprint density at radius 1 is 1.36 bits per heavy atom. The first-order chi connectivity index (χ1) is 6.86. The highest BCUT2D eigenvalue weighted by molar-refractivity contribution is 5.18. The summed E-state index contributed by atoms with van der Waals surface area (Å²) in [6.07, 6.45) is 2.69. The topological polar surface area (TPSA) is 12.0 Å². The summed E-state index contributed by atoms with van der Waals surface area (Å²) in [6, 6.07) is 10.9. The fraction of sp³-hybridized carbons (Fsp3) is 0.538. The second-order valence-electron chi connectivity index (χ2n) is 4.41. The van der Waals surface area contributed by atoms with Crippen LogP contribution < -0.4 is 5.32 Å². The largest absolute Gasteiger partial charge is 0.316 e. The molecule has 0 unspecified atom stereocenters. The maximum absolute atomic E-state index is 3.43. The van der Waals surface area contributed by atoms with Crippen LogP contribution in [-0.4, -0.2) is 13.1 Å². The first kappa shape index (κ1) is 9.72. The normalized spacial score (nSPS) is 23.6. The molecule has 1 heterocycles. The number of benzene rings is 1. The zero-order valence-corrected chi connectivity index (χ0v) is 8.87. The average Bonchev–Trinajstić information content (AvgIpc) is 2.72. The molecule has 14 heavy (non-hydrogen) atoms. The van der Waals surface area contributed by atoms with E-state index in [1.54, 1.807) is 0 Å². The minimum absolute atomic E-state index is 0.709. The summed E-state index contributed by atoms with van der Waals surface area (Å²) in [5, 5.41) is 3.43. The highest BCUT2D eigenvalue weighted by Crippen LogP contribution is 2.25. The molecule has 0 aliphatic carbocycles. The molecule has 1 heteroatoms. The molecule has 0 amide bonds. The van der Waals surface area contributed by atoms with E-state index in [-0.39, 0.29) is 0 Å². The van der Waals surface area contributed by atoms with E-state index in [9.17, 15) is 0 Å². The third-order valence-corrected chi connectivity index (χ3v) is 3.22. The predicted octanol–water partition coefficient (Wildman–Crippen LogP) is 2.79. The lowest BCUT2D eigenvalue weighted by atomic mass is 9.90. The van der Waals surface area contributed by atoms with E-state index in [2.05, 4.69) is 42.6 Å². The SMILES string of the molecule is C[C@@H](C[C@@H]1CCNC1)c1ccccc1. The molecule has 1 fully saturated rings. The minimum Gasteiger partial charge on any atom is -0.316 e. The molecule has 0 saturated carbocycles. The van der Waals surface area contributed by atoms with E-state index in [1.165, 1.54) is 31.5 Å². The maximum Gasteiger partial charge on any atom is -0.00198 e. The Bertz CT molecular complexity index is 262. The second kappa shape index (κ2) is 4.61. The molecule has 1 N–H and O–H groups in total. The van der Waals surface area contributed by atoms with Gasteiger partial charge in [0.25, 0.3) is 0 Å². The summed E-state index contributed by atoms with van der Waals surface area (Å²) in [7, 11) is 0. The fourth-order valence-electron chi connectivity index (χ4n) is 2.33. The molecular weight excluding hydrogens is 170 g/mol. The number of hydrogen-bond donors (Lipinski definition) is 1. The van der Waals surface area contributed by atoms with E-state index >= 15 is 0 Å². The van der Waals surface area contributed by atoms with Crippen LogP contribution in [0, 0.1) is 5.92 Å². The first-order valence-corrected chi connectivity index (χ1v) is 5.62. The van der Waals surface area contributed by atoms with E-state index in [0.29, 0.717) is 5.92 Å². The predicted molar refractivity (Wildman–Crippen MR) is 60.5 cm³/mol. The van der Waals surface area contributed by atoms with Crippen molar-refractivity contribution >= 4 is 0 Å². The monoisotopic (exact) mass is 189 g/mol. The number of hydrogen-bond acceptors (Lipinski definition) is 1. The average molecular weight is 189 g/mol. The second-order valence-corrected chi connectivity index (χ2v) is 4.41. The van der Waals surface area contributed by atoms with Gasteiger partial charge in [0.1, 0.15) is 0 Å². The van der Waals surface area contributed by atoms with Crippen molar-refractivity contribution in [3.63, 3.8) is 0 Å². The Morgan fingerprint density at radius 3 is 2.79 bits per heavy atom. The van der Waals surface area contributed by atoms with Gasteiger partial charge in [0, 0.05) is 0 Å². The van der Waals surface area contributed by atoms with Gasteiger partial charge in [0.2, 0.25) is 0 Å². The van der Waals surface area contributed by atoms with Crippen molar-refractivity contribution in [3.05, 3.63) is 35.9 Å². The van der Waals surface area contributed by atoms with E-state index in [0.717, 1.165) is 5.92 Å². The van der Waals surface area contributed by atoms with E-state index in [4.69, 9.17) is 0 Å². The van der Waals surface area contributed by atoms with Crippen molar-refractivity contribution in [2.24, 2.45) is 5.92 Å². The minimum atomic E-state index is 0.709. The van der Waals surface area contributed by atoms with Gasteiger partial charge in [-0.05, 0) is 43.3 Å². The van der Waals surface area contributed by atoms with Crippen LogP contribution in [0.3, 0.4) is 0 Å². The summed E-state index contributed by atoms with van der Waals surface area (Å²) in [5.74, 6) is 1.60. The molecule has 1 aromatic carbocycles. The van der Waals surface area contributed by atoms with Crippen molar-refractivity contribution in [2.75, 3.05) is 13.1 Å². The molecule has 2 rings (SSSR count). The Balaban J connectivity index is 1.92. The summed E-state index contributed by atoms with van der Waals surface area (Å²) in [5.41, 5.74) is 1.49. The van der Waals surface area contributed by atoms with Crippen LogP contribution in [0.5, 0.6) is 0 Å². The van der Waals surface area contributed by atoms with Crippen LogP contribution in [0.4, 0.5) is 0 Å². The Kier molecular flexibility index (Phi) is 3.20. The third-order valence-electron chi connectivity index (χ3n) is 3.22. The zero-order chi connectivity index (χ0) is 9.80. The van der Waals surface area contributed by atoms with Crippen LogP contribution in [0.25, 0.3) is 0 Å². The molecule has 0 aromatic heterocycles. The molecule has 1 aliphatic heterocycles. The van der Waals surface area contributed by atoms with Crippen LogP contribution >= 0.6 is 0 Å². The van der Waals surface area contributed by atoms with Crippen molar-refractivity contribution in [3.8, 4) is 0 Å². The van der Waals surface area contributed by atoms with Gasteiger partial charge in [-0.2, -0.15) is 0 Å². The van der Waals surface area contributed by atoms with Gasteiger partial charge >= 0.3 is 0 Å². The van der Waals surface area contributed by atoms with Gasteiger partial charge in [0.15, 0.2) is 0 Å². The maximum atomic E-state index is 3.43. The van der Waals surface area contributed by atoms with Crippen LogP contribution in [0.15, 0.2) is 30.3 Å². The first-order valence-electron chi connectivity index (χ1n) is 5.62. The molecule has 2 atom stereocenters. The third kappa shape index (κ3) is 2.36. The lowest BCUT2D eigenvalue weighted by Gasteiger charge is -2.15. The summed E-state index contributed by atoms with van der Waals surface area (Å²) >= 11 is 0. The molecule has 0 radical (unpaired) electrons. The summed E-state index contributed by atoms with van der Waals surface area (Å²) < 4.78 is 0. The van der Waals surface area contributed by atoms with E-state index < -0.39 is 0 Å². The molecule has 76 valence electrons. The standard InChI is InChI=1S/C13H19N/c1-11(9-12-7-8-14-10-12)13-5-3-2-4-6-13/h2-6,11-12,14H,7-10H2,1H3/t11-,12-/m0/s1. The van der Waals surface area contributed by atoms with Gasteiger partial charge in [-0.1, -0.05) is 37.3 Å². The quantitative estimate of drug-likeness (QED) is 0.771. The molecular formula is C13H19N. The van der Waals surface area contributed by atoms with Crippen LogP contribution in [-0.2, 0) is 0 Å². The van der Waals surface area contributed by atoms with Gasteiger partial charge in [-0.3, -0.25) is 0 Å². The van der Waals surface area contributed by atoms with Crippen LogP contribution in [0.2, 0.25) is 0 Å². The molecule has 1 aliphatic rings. The Hall–Kier alpha value is -0.820. The van der Waals surface area contributed by atoms with Crippen molar-refractivity contribution in [1.82, 2.24) is 5.32 Å². The lowest BCUT2D eigenvalue weighted by Crippen LogP contribution is -2.10. The number of rotatable bonds is 3. The highest BCUT2D eigenvalue weighted by atomic mass is 14.9. The Morgan fingerprint density at radius 2 is 2.14 bits per heavy atom. The van der Waals surface area contributed by atoms with Gasteiger partial charge in [-0.25, -0.2) is 0 Å². The van der Waals surface area contributed by atoms with Crippen molar-refractivity contribution in [2.45, 2.75) is 25.7 Å². The van der Waals surface area contributed by atoms with Gasteiger partial charge in [-0.15, -0.1) is 0 Å². The van der Waals surface area contributed by atoms with Crippen molar-refractivity contribution in [1.29, 1.82) is 0 Å². The zero-order valence-electron chi connectivity index (χ0n) is 8.87. The Labute approximate surface area is 86.5 Å². The lowest BCUT2D eigenvalue weighted by molar-refractivity contribution is 0.484. The number of nitrogens with one attached hydrogen (secondary N) is 1. The smallest absolute Gasteiger partial charge is 0.00198 e. The molecule has 1 saturated heterocycles. The highest BCUT2D eigenvalue weighted by Gasteiger charge is 2.17. The van der Waals surface area contributed by atoms with Crippen LogP contribution in [0.1, 0.15) is 31.2 Å². The van der Waals surface area contributed by atoms with Crippen molar-refractivity contribution < 1.29 is 0 Å². The molecule has 1 nitrogen and oxygen atoms in total. The summed E-state index contributed by atoms with van der Waals surface area (Å²) in [4.78, 5) is 0. The molecule has 0 bridgehead atoms. The van der Waals surface area contributed by atoms with Gasteiger partial charge < -0.3 is 5.32 Å². The summed E-state index contributed by atoms with van der Waals surface area (Å²) in [6.45, 7) is 4.77. The molecule has 1 aromatic rings. The van der Waals surface area contributed by atoms with Gasteiger partial charge in [0.05, 0.1) is 0 Å². The fourth-order valence-corrected chi connectivity index (χ4v) is 2.33.